The van der Waals surface area contributed by atoms with E-state index in [1.807, 2.05) is 0 Å². The van der Waals surface area contributed by atoms with Crippen molar-refractivity contribution in [2.75, 3.05) is 0 Å². The first-order valence-electron chi connectivity index (χ1n) is 5.38. The minimum absolute atomic E-state index is 0.126. The normalized spacial score (nSPS) is 11.4. The molecule has 0 aliphatic rings. The second-order valence-electron chi connectivity index (χ2n) is 3.97. The lowest BCUT2D eigenvalue weighted by Gasteiger charge is -2.13. The Hall–Kier alpha value is -2.51. The summed E-state index contributed by atoms with van der Waals surface area (Å²) in [4.78, 5) is 10.7. The number of hydrogen-bond acceptors (Lipinski definition) is 3. The number of rotatable bonds is 3. The molecule has 0 saturated carbocycles. The van der Waals surface area contributed by atoms with Crippen LogP contribution in [0.3, 0.4) is 0 Å². The van der Waals surface area contributed by atoms with Crippen LogP contribution in [0.4, 0.5) is 13.2 Å². The summed E-state index contributed by atoms with van der Waals surface area (Å²) >= 11 is 0. The van der Waals surface area contributed by atoms with Crippen LogP contribution in [0.1, 0.15) is 15.9 Å². The number of aryl methyl sites for hydroxylation is 1. The van der Waals surface area contributed by atoms with Crippen molar-refractivity contribution in [3.63, 3.8) is 0 Å². The van der Waals surface area contributed by atoms with Gasteiger partial charge < -0.3 is 9.84 Å². The highest BCUT2D eigenvalue weighted by Gasteiger charge is 2.35. The van der Waals surface area contributed by atoms with Gasteiger partial charge in [0, 0.05) is 7.05 Å². The molecule has 0 saturated heterocycles. The molecule has 0 spiro atoms. The molecular formula is C12H9F3N2O3. The van der Waals surface area contributed by atoms with Crippen LogP contribution < -0.4 is 4.74 Å². The summed E-state index contributed by atoms with van der Waals surface area (Å²) in [6.45, 7) is 0. The monoisotopic (exact) mass is 286 g/mol. The Bertz CT molecular complexity index is 650. The van der Waals surface area contributed by atoms with Crippen LogP contribution in [0.2, 0.25) is 0 Å². The van der Waals surface area contributed by atoms with E-state index in [1.54, 1.807) is 7.05 Å². The molecule has 0 amide bonds. The van der Waals surface area contributed by atoms with Crippen molar-refractivity contribution in [3.8, 4) is 11.5 Å². The van der Waals surface area contributed by atoms with E-state index in [1.165, 1.54) is 17.1 Å². The molecule has 0 aliphatic heterocycles. The quantitative estimate of drug-likeness (QED) is 0.942. The number of aromatic nitrogens is 2. The van der Waals surface area contributed by atoms with E-state index in [-0.39, 0.29) is 5.75 Å². The number of halogens is 3. The number of carboxylic acid groups (broad SMARTS) is 1. The first kappa shape index (κ1) is 13.9. The van der Waals surface area contributed by atoms with Gasteiger partial charge in [0.15, 0.2) is 5.75 Å². The van der Waals surface area contributed by atoms with E-state index in [2.05, 4.69) is 5.10 Å². The van der Waals surface area contributed by atoms with Gasteiger partial charge in [0.2, 0.25) is 0 Å². The molecule has 0 fully saturated rings. The van der Waals surface area contributed by atoms with Crippen molar-refractivity contribution in [1.29, 1.82) is 0 Å². The Kier molecular flexibility index (Phi) is 3.39. The molecule has 1 aromatic heterocycles. The molecular weight excluding hydrogens is 277 g/mol. The van der Waals surface area contributed by atoms with E-state index in [9.17, 15) is 18.0 Å². The molecule has 1 N–H and O–H groups in total. The average Bonchev–Trinajstić information content (AvgIpc) is 2.73. The van der Waals surface area contributed by atoms with E-state index >= 15 is 0 Å². The van der Waals surface area contributed by atoms with Gasteiger partial charge in [-0.05, 0) is 18.2 Å². The maximum Gasteiger partial charge on any atom is 0.420 e. The largest absolute Gasteiger partial charge is 0.478 e. The molecule has 5 nitrogen and oxygen atoms in total. The Morgan fingerprint density at radius 2 is 2.10 bits per heavy atom. The number of carboxylic acids is 1. The van der Waals surface area contributed by atoms with E-state index in [0.717, 1.165) is 12.1 Å². The predicted octanol–water partition coefficient (Wildman–Crippen LogP) is 2.93. The third kappa shape index (κ3) is 2.90. The minimum atomic E-state index is -4.72. The third-order valence-electron chi connectivity index (χ3n) is 2.44. The van der Waals surface area contributed by atoms with Crippen molar-refractivity contribution in [2.45, 2.75) is 6.18 Å². The van der Waals surface area contributed by atoms with Crippen LogP contribution in [0, 0.1) is 0 Å². The van der Waals surface area contributed by atoms with Gasteiger partial charge in [-0.3, -0.25) is 4.68 Å². The van der Waals surface area contributed by atoms with Gasteiger partial charge in [-0.25, -0.2) is 4.79 Å². The second-order valence-corrected chi connectivity index (χ2v) is 3.97. The van der Waals surface area contributed by atoms with Crippen LogP contribution >= 0.6 is 0 Å². The number of aromatic carboxylic acids is 1. The summed E-state index contributed by atoms with van der Waals surface area (Å²) in [5.41, 5.74) is -1.61. The standard InChI is InChI=1S/C12H9F3N2O3/c1-17-6-8(5-16-17)20-10-3-2-7(11(18)19)4-9(10)12(13,14)15/h2-6H,1H3,(H,18,19). The highest BCUT2D eigenvalue weighted by molar-refractivity contribution is 5.88. The molecule has 0 unspecified atom stereocenters. The molecule has 0 bridgehead atoms. The zero-order valence-electron chi connectivity index (χ0n) is 10.2. The third-order valence-corrected chi connectivity index (χ3v) is 2.44. The van der Waals surface area contributed by atoms with Gasteiger partial charge in [-0.15, -0.1) is 0 Å². The lowest BCUT2D eigenvalue weighted by atomic mass is 10.1. The fraction of sp³-hybridized carbons (Fsp3) is 0.167. The summed E-state index contributed by atoms with van der Waals surface area (Å²) in [7, 11) is 1.59. The maximum atomic E-state index is 12.9. The molecule has 0 aliphatic carbocycles. The van der Waals surface area contributed by atoms with E-state index in [4.69, 9.17) is 9.84 Å². The van der Waals surface area contributed by atoms with Gasteiger partial charge in [0.05, 0.1) is 23.5 Å². The fourth-order valence-corrected chi connectivity index (χ4v) is 1.55. The molecule has 2 rings (SSSR count). The number of carbonyl (C=O) groups is 1. The molecule has 0 radical (unpaired) electrons. The van der Waals surface area contributed by atoms with Gasteiger partial charge in [0.1, 0.15) is 5.75 Å². The van der Waals surface area contributed by atoms with Crippen LogP contribution in [0.25, 0.3) is 0 Å². The van der Waals surface area contributed by atoms with E-state index in [0.29, 0.717) is 6.07 Å². The van der Waals surface area contributed by atoms with Gasteiger partial charge in [0.25, 0.3) is 0 Å². The average molecular weight is 286 g/mol. The van der Waals surface area contributed by atoms with Crippen LogP contribution in [-0.2, 0) is 13.2 Å². The lowest BCUT2D eigenvalue weighted by Crippen LogP contribution is -2.09. The van der Waals surface area contributed by atoms with E-state index < -0.39 is 29.0 Å². The SMILES string of the molecule is Cn1cc(Oc2ccc(C(=O)O)cc2C(F)(F)F)cn1. The van der Waals surface area contributed by atoms with Crippen LogP contribution in [0.5, 0.6) is 11.5 Å². The summed E-state index contributed by atoms with van der Waals surface area (Å²) in [5.74, 6) is -1.79. The zero-order chi connectivity index (χ0) is 14.9. The van der Waals surface area contributed by atoms with Crippen molar-refractivity contribution in [3.05, 3.63) is 41.7 Å². The number of benzene rings is 1. The second kappa shape index (κ2) is 4.87. The Balaban J connectivity index is 2.44. The van der Waals surface area contributed by atoms with Crippen molar-refractivity contribution >= 4 is 5.97 Å². The fourth-order valence-electron chi connectivity index (χ4n) is 1.55. The summed E-state index contributed by atoms with van der Waals surface area (Å²) in [6, 6.07) is 2.55. The Labute approximate surface area is 111 Å². The highest BCUT2D eigenvalue weighted by atomic mass is 19.4. The lowest BCUT2D eigenvalue weighted by molar-refractivity contribution is -0.138. The van der Waals surface area contributed by atoms with Crippen LogP contribution in [0.15, 0.2) is 30.6 Å². The summed E-state index contributed by atoms with van der Waals surface area (Å²) in [5, 5.41) is 12.5. The first-order chi connectivity index (χ1) is 9.27. The smallest absolute Gasteiger partial charge is 0.420 e. The van der Waals surface area contributed by atoms with Gasteiger partial charge in [-0.1, -0.05) is 0 Å². The van der Waals surface area contributed by atoms with Crippen molar-refractivity contribution < 1.29 is 27.8 Å². The molecule has 2 aromatic rings. The summed E-state index contributed by atoms with van der Waals surface area (Å²) in [6.07, 6.45) is -2.07. The Morgan fingerprint density at radius 3 is 2.60 bits per heavy atom. The van der Waals surface area contributed by atoms with Crippen molar-refractivity contribution in [1.82, 2.24) is 9.78 Å². The zero-order valence-corrected chi connectivity index (χ0v) is 10.2. The number of alkyl halides is 3. The molecule has 0 atom stereocenters. The molecule has 1 heterocycles. The number of ether oxygens (including phenoxy) is 1. The predicted molar refractivity (Wildman–Crippen MR) is 61.7 cm³/mol. The highest BCUT2D eigenvalue weighted by Crippen LogP contribution is 2.38. The Morgan fingerprint density at radius 1 is 1.40 bits per heavy atom. The van der Waals surface area contributed by atoms with Crippen molar-refractivity contribution in [2.24, 2.45) is 7.05 Å². The molecule has 20 heavy (non-hydrogen) atoms. The van der Waals surface area contributed by atoms with Gasteiger partial charge >= 0.3 is 12.1 Å². The maximum absolute atomic E-state index is 12.9. The molecule has 8 heteroatoms. The molecule has 1 aromatic carbocycles. The summed E-state index contributed by atoms with van der Waals surface area (Å²) < 4.78 is 45.2. The first-order valence-corrected chi connectivity index (χ1v) is 5.38. The number of hydrogen-bond donors (Lipinski definition) is 1. The minimum Gasteiger partial charge on any atom is -0.478 e. The molecule has 106 valence electrons. The van der Waals surface area contributed by atoms with Crippen LogP contribution in [-0.4, -0.2) is 20.9 Å². The number of nitrogens with zero attached hydrogens (tertiary/aromatic N) is 2. The topological polar surface area (TPSA) is 64.3 Å². The van der Waals surface area contributed by atoms with Gasteiger partial charge in [-0.2, -0.15) is 18.3 Å².